The van der Waals surface area contributed by atoms with Crippen molar-refractivity contribution in [2.24, 2.45) is 28.6 Å². The Morgan fingerprint density at radius 1 is 1.02 bits per heavy atom. The molecule has 0 aromatic carbocycles. The van der Waals surface area contributed by atoms with E-state index in [2.05, 4.69) is 47.3 Å². The largest absolute Gasteiger partial charge is 0.481 e. The first-order valence-electron chi connectivity index (χ1n) is 17.4. The zero-order valence-electron chi connectivity index (χ0n) is 29.0. The molecule has 0 aromatic rings. The van der Waals surface area contributed by atoms with E-state index in [-0.39, 0.29) is 35.7 Å². The molecule has 6 atom stereocenters. The molecule has 7 nitrogen and oxygen atoms in total. The van der Waals surface area contributed by atoms with E-state index < -0.39 is 11.9 Å². The predicted molar refractivity (Wildman–Crippen MR) is 178 cm³/mol. The van der Waals surface area contributed by atoms with Crippen LogP contribution in [0.3, 0.4) is 0 Å². The molecule has 0 bridgehead atoms. The molecule has 0 amide bonds. The van der Waals surface area contributed by atoms with Crippen molar-refractivity contribution in [2.75, 3.05) is 0 Å². The highest BCUT2D eigenvalue weighted by Gasteiger charge is 2.67. The molecule has 254 valence electrons. The van der Waals surface area contributed by atoms with Gasteiger partial charge in [0.1, 0.15) is 5.78 Å². The van der Waals surface area contributed by atoms with Crippen molar-refractivity contribution in [3.8, 4) is 0 Å². The van der Waals surface area contributed by atoms with Crippen LogP contribution in [0, 0.1) is 28.6 Å². The number of aliphatic hydroxyl groups is 1. The lowest BCUT2D eigenvalue weighted by Crippen LogP contribution is -2.69. The van der Waals surface area contributed by atoms with E-state index in [1.807, 2.05) is 0 Å². The van der Waals surface area contributed by atoms with E-state index in [0.717, 1.165) is 25.7 Å². The molecule has 2 saturated carbocycles. The highest BCUT2D eigenvalue weighted by Crippen LogP contribution is 2.69. The summed E-state index contributed by atoms with van der Waals surface area (Å²) in [5, 5.41) is 26.1. The third-order valence-electron chi connectivity index (χ3n) is 11.2. The molecule has 0 radical (unpaired) electrons. The number of aliphatic hydroxyl groups excluding tert-OH is 1. The second-order valence-corrected chi connectivity index (χ2v) is 15.4. The van der Waals surface area contributed by atoms with Gasteiger partial charge in [0.05, 0.1) is 24.2 Å². The Hall–Kier alpha value is -2.25. The summed E-state index contributed by atoms with van der Waals surface area (Å²) in [7, 11) is 0. The highest BCUT2D eigenvalue weighted by molar-refractivity contribution is 5.80. The Morgan fingerprint density at radius 2 is 1.64 bits per heavy atom. The Morgan fingerprint density at radius 3 is 2.16 bits per heavy atom. The topological polar surface area (TPSA) is 121 Å². The molecule has 6 aliphatic rings. The van der Waals surface area contributed by atoms with Crippen molar-refractivity contribution in [3.05, 3.63) is 34.9 Å². The molecule has 3 fully saturated rings. The van der Waals surface area contributed by atoms with Crippen LogP contribution in [0.1, 0.15) is 138 Å². The van der Waals surface area contributed by atoms with Gasteiger partial charge in [0.2, 0.25) is 0 Å². The van der Waals surface area contributed by atoms with Gasteiger partial charge < -0.3 is 24.9 Å². The zero-order valence-corrected chi connectivity index (χ0v) is 29.0. The number of carbonyl (C=O) groups excluding carboxylic acids is 1. The van der Waals surface area contributed by atoms with Gasteiger partial charge in [-0.2, -0.15) is 0 Å². The van der Waals surface area contributed by atoms with Crippen molar-refractivity contribution < 1.29 is 34.4 Å². The highest BCUT2D eigenvalue weighted by atomic mass is 16.5. The average Bonchev–Trinajstić information content (AvgIpc) is 3.77. The van der Waals surface area contributed by atoms with Crippen LogP contribution in [0.4, 0.5) is 0 Å². The number of carbonyl (C=O) groups is 3. The number of hydrogen-bond acceptors (Lipinski definition) is 5. The van der Waals surface area contributed by atoms with Gasteiger partial charge in [-0.05, 0) is 110 Å². The van der Waals surface area contributed by atoms with E-state index in [1.54, 1.807) is 16.7 Å². The molecule has 6 rings (SSSR count). The van der Waals surface area contributed by atoms with E-state index in [9.17, 15) is 14.7 Å². The minimum Gasteiger partial charge on any atom is -0.481 e. The summed E-state index contributed by atoms with van der Waals surface area (Å²) < 4.78 is 6.88. The van der Waals surface area contributed by atoms with E-state index >= 15 is 0 Å². The number of carboxylic acid groups (broad SMARTS) is 2. The van der Waals surface area contributed by atoms with Crippen LogP contribution in [-0.4, -0.2) is 50.9 Å². The van der Waals surface area contributed by atoms with Crippen LogP contribution in [0.25, 0.3) is 0 Å². The second kappa shape index (κ2) is 15.1. The Bertz CT molecular complexity index is 1150. The van der Waals surface area contributed by atoms with Crippen LogP contribution in [-0.2, 0) is 19.1 Å². The van der Waals surface area contributed by atoms with Crippen LogP contribution in [0.5, 0.6) is 0 Å². The van der Waals surface area contributed by atoms with Crippen LogP contribution in [0.2, 0.25) is 0 Å². The summed E-state index contributed by atoms with van der Waals surface area (Å²) in [5.74, 6) is -0.00202. The van der Waals surface area contributed by atoms with Gasteiger partial charge in [-0.1, -0.05) is 72.1 Å². The number of hydrogen-bond donors (Lipinski definition) is 3. The Kier molecular flexibility index (Phi) is 12.5. The SMILES string of the molecule is C1CC1.C=C(CCC[C@H]1CC=C2C3=C4C(CC21C)OC41CC[C@H](O)C(C)(C)C1CC3)C(C)C.CC(=O)CCC(=O)O.CC(=O)O. The molecule has 0 aromatic heterocycles. The van der Waals surface area contributed by atoms with Gasteiger partial charge >= 0.3 is 5.97 Å². The van der Waals surface area contributed by atoms with Gasteiger partial charge in [-0.3, -0.25) is 9.59 Å². The summed E-state index contributed by atoms with van der Waals surface area (Å²) in [6.07, 6.45) is 17.8. The molecule has 5 aliphatic carbocycles. The van der Waals surface area contributed by atoms with Crippen molar-refractivity contribution in [2.45, 2.75) is 156 Å². The summed E-state index contributed by atoms with van der Waals surface area (Å²) in [4.78, 5) is 28.8. The number of fused-ring (bicyclic) bond motifs is 2. The predicted octanol–water partition coefficient (Wildman–Crippen LogP) is 8.45. The normalized spacial score (nSPS) is 32.7. The fraction of sp³-hybridized carbons (Fsp3) is 0.763. The number of carboxylic acids is 2. The molecule has 45 heavy (non-hydrogen) atoms. The van der Waals surface area contributed by atoms with Gasteiger partial charge in [0.25, 0.3) is 5.97 Å². The summed E-state index contributed by atoms with van der Waals surface area (Å²) in [5.41, 5.74) is 6.62. The summed E-state index contributed by atoms with van der Waals surface area (Å²) >= 11 is 0. The molecular formula is C38H60O7. The quantitative estimate of drug-likeness (QED) is 0.231. The number of Topliss-reactive ketones (excluding diaryl/α,β-unsaturated/α-hetero) is 1. The summed E-state index contributed by atoms with van der Waals surface area (Å²) in [6.45, 7) is 18.4. The standard InChI is InChI=1S/C28H42O2.C5H8O3.C3H6.C2H4O2/c1-17(2)18(3)8-7-9-19-10-12-21-20-11-13-23-26(4,5)24(29)14-15-28(23)25(20)22(30-28)16-27(19,21)6;1-4(6)2-3-5(7)8;1-2-3-1;1-2(3)4/h12,17,19,22-24,29H,3,7-11,13-16H2,1-2,4-6H3;2-3H2,1H3,(H,7,8);1-3H2;1H3,(H,3,4)/t19-,22?,23?,24-,27?,28?;;;/m0.../s1. The maximum Gasteiger partial charge on any atom is 0.303 e. The number of ketones is 1. The van der Waals surface area contributed by atoms with E-state index in [4.69, 9.17) is 19.7 Å². The minimum atomic E-state index is -0.916. The van der Waals surface area contributed by atoms with Gasteiger partial charge in [0, 0.05) is 13.3 Å². The molecular weight excluding hydrogens is 568 g/mol. The maximum absolute atomic E-state index is 10.7. The third kappa shape index (κ3) is 8.57. The van der Waals surface area contributed by atoms with Gasteiger partial charge in [-0.15, -0.1) is 0 Å². The number of rotatable bonds is 8. The number of allylic oxidation sites excluding steroid dienone is 4. The lowest BCUT2D eigenvalue weighted by molar-refractivity contribution is -0.248. The van der Waals surface area contributed by atoms with Gasteiger partial charge in [-0.25, -0.2) is 0 Å². The minimum absolute atomic E-state index is 0.0463. The first kappa shape index (κ1) is 37.2. The fourth-order valence-electron chi connectivity index (χ4n) is 8.37. The third-order valence-corrected chi connectivity index (χ3v) is 11.2. The Balaban J connectivity index is 0.000000306. The lowest BCUT2D eigenvalue weighted by atomic mass is 9.47. The maximum atomic E-state index is 10.7. The summed E-state index contributed by atoms with van der Waals surface area (Å²) in [6, 6.07) is 0. The van der Waals surface area contributed by atoms with Crippen LogP contribution in [0.15, 0.2) is 34.9 Å². The monoisotopic (exact) mass is 628 g/mol. The smallest absolute Gasteiger partial charge is 0.303 e. The van der Waals surface area contributed by atoms with E-state index in [0.29, 0.717) is 23.4 Å². The van der Waals surface area contributed by atoms with Crippen molar-refractivity contribution in [1.29, 1.82) is 0 Å². The first-order valence-corrected chi connectivity index (χ1v) is 17.4. The molecule has 3 N–H and O–H groups in total. The van der Waals surface area contributed by atoms with Crippen molar-refractivity contribution in [1.82, 2.24) is 0 Å². The molecule has 1 spiro atoms. The average molecular weight is 629 g/mol. The first-order chi connectivity index (χ1) is 21.0. The molecule has 1 saturated heterocycles. The molecule has 4 unspecified atom stereocenters. The zero-order chi connectivity index (χ0) is 33.7. The van der Waals surface area contributed by atoms with E-state index in [1.165, 1.54) is 76.7 Å². The Labute approximate surface area is 271 Å². The lowest BCUT2D eigenvalue weighted by Gasteiger charge is -2.67. The number of ether oxygens (including phenoxy) is 1. The van der Waals surface area contributed by atoms with Gasteiger partial charge in [0.15, 0.2) is 0 Å². The second-order valence-electron chi connectivity index (χ2n) is 15.4. The fourth-order valence-corrected chi connectivity index (χ4v) is 8.37. The molecule has 1 aliphatic heterocycles. The molecule has 7 heteroatoms. The van der Waals surface area contributed by atoms with Crippen molar-refractivity contribution in [3.63, 3.8) is 0 Å². The van der Waals surface area contributed by atoms with Crippen molar-refractivity contribution >= 4 is 17.7 Å². The molecule has 1 heterocycles. The van der Waals surface area contributed by atoms with Crippen LogP contribution >= 0.6 is 0 Å². The number of aliphatic carboxylic acids is 2. The van der Waals surface area contributed by atoms with Crippen LogP contribution < -0.4 is 0 Å².